The van der Waals surface area contributed by atoms with Crippen LogP contribution in [0.3, 0.4) is 0 Å². The van der Waals surface area contributed by atoms with Crippen LogP contribution >= 0.6 is 11.3 Å². The molecule has 1 saturated heterocycles. The van der Waals surface area contributed by atoms with Crippen molar-refractivity contribution in [1.29, 1.82) is 0 Å². The topological polar surface area (TPSA) is 58.3 Å². The van der Waals surface area contributed by atoms with E-state index in [1.807, 2.05) is 0 Å². The average Bonchev–Trinajstić information content (AvgIpc) is 2.86. The summed E-state index contributed by atoms with van der Waals surface area (Å²) in [5, 5.41) is 3.19. The lowest BCUT2D eigenvalue weighted by atomic mass is 9.96. The van der Waals surface area contributed by atoms with Gasteiger partial charge in [0.15, 0.2) is 0 Å². The van der Waals surface area contributed by atoms with E-state index in [1.165, 1.54) is 19.4 Å². The summed E-state index contributed by atoms with van der Waals surface area (Å²) in [6.45, 7) is 3.29. The molecule has 2 N–H and O–H groups in total. The second-order valence-corrected chi connectivity index (χ2v) is 6.63. The Hall–Kier alpha value is -1.40. The number of anilines is 2. The van der Waals surface area contributed by atoms with Crippen molar-refractivity contribution in [3.05, 3.63) is 11.4 Å². The molecule has 2 aromatic heterocycles. The van der Waals surface area contributed by atoms with Crippen molar-refractivity contribution in [1.82, 2.24) is 14.9 Å². The van der Waals surface area contributed by atoms with Gasteiger partial charge < -0.3 is 15.5 Å². The van der Waals surface area contributed by atoms with E-state index < -0.39 is 0 Å². The van der Waals surface area contributed by atoms with Crippen molar-refractivity contribution in [2.75, 3.05) is 44.4 Å². The Bertz CT molecular complexity index is 586. The molecule has 0 saturated carbocycles. The lowest BCUT2D eigenvalue weighted by Crippen LogP contribution is -2.37. The number of fused-ring (bicyclic) bond motifs is 1. The number of thiophene rings is 1. The Morgan fingerprint density at radius 3 is 2.80 bits per heavy atom. The number of hydrogen-bond acceptors (Lipinski definition) is 6. The Morgan fingerprint density at radius 2 is 2.10 bits per heavy atom. The van der Waals surface area contributed by atoms with Crippen molar-refractivity contribution in [2.24, 2.45) is 5.92 Å². The average molecular weight is 291 g/mol. The third kappa shape index (κ3) is 2.71. The second-order valence-electron chi connectivity index (χ2n) is 5.74. The predicted octanol–water partition coefficient (Wildman–Crippen LogP) is 2.05. The molecule has 108 valence electrons. The van der Waals surface area contributed by atoms with E-state index in [0.29, 0.717) is 5.95 Å². The quantitative estimate of drug-likeness (QED) is 0.938. The van der Waals surface area contributed by atoms with Gasteiger partial charge in [-0.15, -0.1) is 11.3 Å². The van der Waals surface area contributed by atoms with Crippen molar-refractivity contribution in [3.8, 4) is 0 Å². The molecule has 1 fully saturated rings. The number of nitrogens with zero attached hydrogens (tertiary/aromatic N) is 4. The van der Waals surface area contributed by atoms with Gasteiger partial charge in [-0.2, -0.15) is 4.98 Å². The zero-order chi connectivity index (χ0) is 14.1. The number of nitrogen functional groups attached to an aromatic ring is 1. The number of piperidine rings is 1. The lowest BCUT2D eigenvalue weighted by Gasteiger charge is -2.34. The van der Waals surface area contributed by atoms with E-state index in [1.54, 1.807) is 11.3 Å². The van der Waals surface area contributed by atoms with Gasteiger partial charge in [-0.05, 0) is 44.3 Å². The number of nitrogens with two attached hydrogens (primary N) is 1. The van der Waals surface area contributed by atoms with E-state index >= 15 is 0 Å². The molecule has 0 radical (unpaired) electrons. The number of hydrogen-bond donors (Lipinski definition) is 1. The van der Waals surface area contributed by atoms with Gasteiger partial charge in [0.1, 0.15) is 10.6 Å². The van der Waals surface area contributed by atoms with E-state index in [2.05, 4.69) is 45.3 Å². The fraction of sp³-hybridized carbons (Fsp3) is 0.571. The minimum absolute atomic E-state index is 0.380. The first-order valence-corrected chi connectivity index (χ1v) is 7.92. The van der Waals surface area contributed by atoms with Gasteiger partial charge in [-0.1, -0.05) is 0 Å². The highest BCUT2D eigenvalue weighted by Crippen LogP contribution is 2.31. The second kappa shape index (κ2) is 5.54. The predicted molar refractivity (Wildman–Crippen MR) is 85.3 cm³/mol. The van der Waals surface area contributed by atoms with Gasteiger partial charge in [-0.3, -0.25) is 0 Å². The molecule has 0 aliphatic carbocycles. The Labute approximate surface area is 123 Å². The largest absolute Gasteiger partial charge is 0.368 e. The minimum Gasteiger partial charge on any atom is -0.368 e. The van der Waals surface area contributed by atoms with Gasteiger partial charge in [-0.25, -0.2) is 4.98 Å². The van der Waals surface area contributed by atoms with Crippen LogP contribution in [0.15, 0.2) is 11.4 Å². The molecule has 0 amide bonds. The molecule has 3 rings (SSSR count). The molecule has 1 aliphatic heterocycles. The monoisotopic (exact) mass is 291 g/mol. The molecule has 2 aromatic rings. The SMILES string of the molecule is CN(C)CC1CCN(c2nc(N)nc3sccc23)CC1. The summed E-state index contributed by atoms with van der Waals surface area (Å²) >= 11 is 1.62. The molecule has 0 spiro atoms. The summed E-state index contributed by atoms with van der Waals surface area (Å²) in [6, 6.07) is 2.10. The highest BCUT2D eigenvalue weighted by atomic mass is 32.1. The van der Waals surface area contributed by atoms with Gasteiger partial charge in [0.05, 0.1) is 5.39 Å². The van der Waals surface area contributed by atoms with Crippen LogP contribution in [0.25, 0.3) is 10.2 Å². The summed E-state index contributed by atoms with van der Waals surface area (Å²) < 4.78 is 0. The molecule has 0 aromatic carbocycles. The van der Waals surface area contributed by atoms with Crippen LogP contribution in [0.4, 0.5) is 11.8 Å². The van der Waals surface area contributed by atoms with Crippen LogP contribution in [0.5, 0.6) is 0 Å². The van der Waals surface area contributed by atoms with Crippen LogP contribution < -0.4 is 10.6 Å². The highest BCUT2D eigenvalue weighted by molar-refractivity contribution is 7.16. The minimum atomic E-state index is 0.380. The lowest BCUT2D eigenvalue weighted by molar-refractivity contribution is 0.285. The molecule has 1 aliphatic rings. The first-order chi connectivity index (χ1) is 9.63. The molecule has 3 heterocycles. The molecular formula is C14H21N5S. The zero-order valence-electron chi connectivity index (χ0n) is 12.0. The fourth-order valence-corrected chi connectivity index (χ4v) is 3.71. The zero-order valence-corrected chi connectivity index (χ0v) is 12.9. The summed E-state index contributed by atoms with van der Waals surface area (Å²) in [5.74, 6) is 2.18. The first-order valence-electron chi connectivity index (χ1n) is 7.04. The highest BCUT2D eigenvalue weighted by Gasteiger charge is 2.22. The van der Waals surface area contributed by atoms with Gasteiger partial charge in [0, 0.05) is 19.6 Å². The standard InChI is InChI=1S/C14H21N5S/c1-18(2)9-10-3-6-19(7-4-10)12-11-5-8-20-13(11)17-14(15)16-12/h5,8,10H,3-4,6-7,9H2,1-2H3,(H2,15,16,17). The molecule has 0 atom stereocenters. The fourth-order valence-electron chi connectivity index (χ4n) is 2.94. The number of rotatable bonds is 3. The summed E-state index contributed by atoms with van der Waals surface area (Å²) in [4.78, 5) is 14.4. The van der Waals surface area contributed by atoms with E-state index in [-0.39, 0.29) is 0 Å². The normalized spacial score (nSPS) is 17.2. The summed E-state index contributed by atoms with van der Waals surface area (Å²) in [7, 11) is 4.29. The molecule has 0 bridgehead atoms. The van der Waals surface area contributed by atoms with Gasteiger partial charge in [0.25, 0.3) is 0 Å². The maximum Gasteiger partial charge on any atom is 0.223 e. The third-order valence-electron chi connectivity index (χ3n) is 3.86. The third-order valence-corrected chi connectivity index (χ3v) is 4.67. The van der Waals surface area contributed by atoms with Crippen LogP contribution in [0.1, 0.15) is 12.8 Å². The Morgan fingerprint density at radius 1 is 1.35 bits per heavy atom. The van der Waals surface area contributed by atoms with Crippen LogP contribution in [0.2, 0.25) is 0 Å². The van der Waals surface area contributed by atoms with Gasteiger partial charge in [0.2, 0.25) is 5.95 Å². The molecule has 0 unspecified atom stereocenters. The van der Waals surface area contributed by atoms with E-state index in [4.69, 9.17) is 5.73 Å². The van der Waals surface area contributed by atoms with Crippen LogP contribution in [0, 0.1) is 5.92 Å². The van der Waals surface area contributed by atoms with Crippen molar-refractivity contribution >= 4 is 33.3 Å². The maximum absolute atomic E-state index is 5.83. The summed E-state index contributed by atoms with van der Waals surface area (Å²) in [5.41, 5.74) is 5.83. The van der Waals surface area contributed by atoms with E-state index in [0.717, 1.165) is 35.0 Å². The maximum atomic E-state index is 5.83. The van der Waals surface area contributed by atoms with E-state index in [9.17, 15) is 0 Å². The Balaban J connectivity index is 1.78. The first kappa shape index (κ1) is 13.6. The van der Waals surface area contributed by atoms with Crippen LogP contribution in [-0.4, -0.2) is 48.6 Å². The summed E-state index contributed by atoms with van der Waals surface area (Å²) in [6.07, 6.45) is 2.43. The van der Waals surface area contributed by atoms with Crippen molar-refractivity contribution in [3.63, 3.8) is 0 Å². The van der Waals surface area contributed by atoms with Gasteiger partial charge >= 0.3 is 0 Å². The molecule has 6 heteroatoms. The van der Waals surface area contributed by atoms with Crippen molar-refractivity contribution < 1.29 is 0 Å². The molecular weight excluding hydrogens is 270 g/mol. The Kier molecular flexibility index (Phi) is 3.76. The number of aromatic nitrogens is 2. The molecule has 5 nitrogen and oxygen atoms in total. The smallest absolute Gasteiger partial charge is 0.223 e. The van der Waals surface area contributed by atoms with Crippen molar-refractivity contribution in [2.45, 2.75) is 12.8 Å². The van der Waals surface area contributed by atoms with Crippen LogP contribution in [-0.2, 0) is 0 Å². The molecule has 20 heavy (non-hydrogen) atoms.